The van der Waals surface area contributed by atoms with Crippen molar-refractivity contribution in [2.75, 3.05) is 19.8 Å². The monoisotopic (exact) mass is 142 g/mol. The summed E-state index contributed by atoms with van der Waals surface area (Å²) in [6, 6.07) is 0. The molecule has 3 heteroatoms. The Morgan fingerprint density at radius 1 is 1.40 bits per heavy atom. The SMILES string of the molecule is NN1CCCC12CCOC2. The van der Waals surface area contributed by atoms with E-state index >= 15 is 0 Å². The van der Waals surface area contributed by atoms with Crippen molar-refractivity contribution in [3.63, 3.8) is 0 Å². The Balaban J connectivity index is 2.11. The van der Waals surface area contributed by atoms with E-state index in [2.05, 4.69) is 0 Å². The molecular formula is C7H14N2O. The number of hydrogen-bond donors (Lipinski definition) is 1. The summed E-state index contributed by atoms with van der Waals surface area (Å²) < 4.78 is 5.33. The Labute approximate surface area is 61.1 Å². The first-order chi connectivity index (χ1) is 4.83. The minimum Gasteiger partial charge on any atom is -0.379 e. The third kappa shape index (κ3) is 0.779. The minimum absolute atomic E-state index is 0.236. The molecule has 1 atom stereocenters. The van der Waals surface area contributed by atoms with Crippen LogP contribution < -0.4 is 5.84 Å². The van der Waals surface area contributed by atoms with Crippen LogP contribution in [0.25, 0.3) is 0 Å². The predicted octanol–water partition coefficient (Wildman–Crippen LogP) is 0.115. The summed E-state index contributed by atoms with van der Waals surface area (Å²) in [5, 5.41) is 1.97. The molecule has 1 unspecified atom stereocenters. The van der Waals surface area contributed by atoms with Gasteiger partial charge in [-0.05, 0) is 19.3 Å². The first kappa shape index (κ1) is 6.58. The van der Waals surface area contributed by atoms with Crippen LogP contribution in [0.5, 0.6) is 0 Å². The summed E-state index contributed by atoms with van der Waals surface area (Å²) in [4.78, 5) is 0. The van der Waals surface area contributed by atoms with Crippen molar-refractivity contribution in [1.29, 1.82) is 0 Å². The van der Waals surface area contributed by atoms with Crippen LogP contribution in [0.3, 0.4) is 0 Å². The van der Waals surface area contributed by atoms with Gasteiger partial charge in [0, 0.05) is 13.2 Å². The van der Waals surface area contributed by atoms with E-state index in [1.807, 2.05) is 5.01 Å². The Hall–Kier alpha value is -0.120. The van der Waals surface area contributed by atoms with Crippen molar-refractivity contribution in [3.8, 4) is 0 Å². The van der Waals surface area contributed by atoms with E-state index in [1.165, 1.54) is 12.8 Å². The molecule has 0 aliphatic carbocycles. The number of rotatable bonds is 0. The lowest BCUT2D eigenvalue weighted by atomic mass is 9.97. The second-order valence-electron chi connectivity index (χ2n) is 3.32. The van der Waals surface area contributed by atoms with E-state index in [0.29, 0.717) is 0 Å². The molecule has 2 N–H and O–H groups in total. The van der Waals surface area contributed by atoms with Gasteiger partial charge in [-0.3, -0.25) is 5.84 Å². The lowest BCUT2D eigenvalue weighted by molar-refractivity contribution is 0.102. The van der Waals surface area contributed by atoms with Gasteiger partial charge in [-0.25, -0.2) is 5.01 Å². The van der Waals surface area contributed by atoms with Crippen LogP contribution >= 0.6 is 0 Å². The molecule has 0 bridgehead atoms. The van der Waals surface area contributed by atoms with Gasteiger partial charge in [-0.15, -0.1) is 0 Å². The zero-order valence-electron chi connectivity index (χ0n) is 6.18. The van der Waals surface area contributed by atoms with Crippen molar-refractivity contribution >= 4 is 0 Å². The van der Waals surface area contributed by atoms with Crippen LogP contribution in [0, 0.1) is 0 Å². The number of hydrogen-bond acceptors (Lipinski definition) is 3. The zero-order valence-corrected chi connectivity index (χ0v) is 6.18. The van der Waals surface area contributed by atoms with Crippen LogP contribution in [0.4, 0.5) is 0 Å². The van der Waals surface area contributed by atoms with Gasteiger partial charge in [0.05, 0.1) is 12.1 Å². The maximum atomic E-state index is 5.83. The normalized spacial score (nSPS) is 41.7. The lowest BCUT2D eigenvalue weighted by Crippen LogP contribution is -2.48. The smallest absolute Gasteiger partial charge is 0.0664 e. The van der Waals surface area contributed by atoms with Gasteiger partial charge in [0.15, 0.2) is 0 Å². The average molecular weight is 142 g/mol. The summed E-state index contributed by atoms with van der Waals surface area (Å²) in [6.45, 7) is 2.79. The maximum absolute atomic E-state index is 5.83. The molecule has 0 radical (unpaired) electrons. The van der Waals surface area contributed by atoms with Crippen molar-refractivity contribution in [3.05, 3.63) is 0 Å². The molecule has 0 aromatic rings. The van der Waals surface area contributed by atoms with Gasteiger partial charge in [0.1, 0.15) is 0 Å². The molecule has 10 heavy (non-hydrogen) atoms. The molecule has 3 nitrogen and oxygen atoms in total. The third-order valence-electron chi connectivity index (χ3n) is 2.73. The van der Waals surface area contributed by atoms with Gasteiger partial charge >= 0.3 is 0 Å². The molecule has 0 amide bonds. The Bertz CT molecular complexity index is 126. The van der Waals surface area contributed by atoms with Gasteiger partial charge < -0.3 is 4.74 Å². The van der Waals surface area contributed by atoms with Crippen molar-refractivity contribution in [2.24, 2.45) is 5.84 Å². The molecule has 0 aromatic carbocycles. The Morgan fingerprint density at radius 2 is 2.30 bits per heavy atom. The highest BCUT2D eigenvalue weighted by molar-refractivity contribution is 4.95. The number of nitrogens with two attached hydrogens (primary N) is 1. The van der Waals surface area contributed by atoms with Gasteiger partial charge in [0.25, 0.3) is 0 Å². The molecule has 2 saturated heterocycles. The van der Waals surface area contributed by atoms with E-state index in [-0.39, 0.29) is 5.54 Å². The summed E-state index contributed by atoms with van der Waals surface area (Å²) in [5.41, 5.74) is 0.236. The van der Waals surface area contributed by atoms with Crippen LogP contribution in [-0.4, -0.2) is 30.3 Å². The van der Waals surface area contributed by atoms with Crippen molar-refractivity contribution < 1.29 is 4.74 Å². The molecule has 2 rings (SSSR count). The molecule has 2 aliphatic heterocycles. The highest BCUT2D eigenvalue weighted by Gasteiger charge is 2.42. The Kier molecular flexibility index (Phi) is 1.44. The average Bonchev–Trinajstić information content (AvgIpc) is 2.48. The largest absolute Gasteiger partial charge is 0.379 e. The van der Waals surface area contributed by atoms with Crippen LogP contribution in [-0.2, 0) is 4.74 Å². The standard InChI is InChI=1S/C7H14N2O/c8-9-4-1-2-7(9)3-5-10-6-7/h1-6,8H2. The molecule has 0 saturated carbocycles. The summed E-state index contributed by atoms with van der Waals surface area (Å²) in [6.07, 6.45) is 3.59. The summed E-state index contributed by atoms with van der Waals surface area (Å²) in [5.74, 6) is 5.83. The lowest BCUT2D eigenvalue weighted by Gasteiger charge is -2.28. The quantitative estimate of drug-likeness (QED) is 0.488. The predicted molar refractivity (Wildman–Crippen MR) is 38.3 cm³/mol. The van der Waals surface area contributed by atoms with Crippen molar-refractivity contribution in [1.82, 2.24) is 5.01 Å². The van der Waals surface area contributed by atoms with E-state index in [9.17, 15) is 0 Å². The fourth-order valence-corrected chi connectivity index (χ4v) is 1.98. The van der Waals surface area contributed by atoms with Gasteiger partial charge in [0.2, 0.25) is 0 Å². The second kappa shape index (κ2) is 2.19. The van der Waals surface area contributed by atoms with E-state index in [1.54, 1.807) is 0 Å². The molecule has 1 spiro atoms. The Morgan fingerprint density at radius 3 is 2.80 bits per heavy atom. The summed E-state index contributed by atoms with van der Waals surface area (Å²) in [7, 11) is 0. The first-order valence-electron chi connectivity index (χ1n) is 3.94. The maximum Gasteiger partial charge on any atom is 0.0664 e. The third-order valence-corrected chi connectivity index (χ3v) is 2.73. The number of hydrazine groups is 1. The fourth-order valence-electron chi connectivity index (χ4n) is 1.98. The van der Waals surface area contributed by atoms with Gasteiger partial charge in [-0.2, -0.15) is 0 Å². The molecule has 2 aliphatic rings. The first-order valence-corrected chi connectivity index (χ1v) is 3.94. The highest BCUT2D eigenvalue weighted by Crippen LogP contribution is 2.33. The molecule has 58 valence electrons. The van der Waals surface area contributed by atoms with Crippen molar-refractivity contribution in [2.45, 2.75) is 24.8 Å². The van der Waals surface area contributed by atoms with Crippen LogP contribution in [0.1, 0.15) is 19.3 Å². The van der Waals surface area contributed by atoms with E-state index in [4.69, 9.17) is 10.6 Å². The molecular weight excluding hydrogens is 128 g/mol. The molecule has 2 fully saturated rings. The highest BCUT2D eigenvalue weighted by atomic mass is 16.5. The van der Waals surface area contributed by atoms with E-state index in [0.717, 1.165) is 26.2 Å². The second-order valence-corrected chi connectivity index (χ2v) is 3.32. The van der Waals surface area contributed by atoms with Crippen LogP contribution in [0.2, 0.25) is 0 Å². The fraction of sp³-hybridized carbons (Fsp3) is 1.00. The minimum atomic E-state index is 0.236. The zero-order chi connectivity index (χ0) is 7.03. The number of nitrogens with zero attached hydrogens (tertiary/aromatic N) is 1. The molecule has 0 aromatic heterocycles. The topological polar surface area (TPSA) is 38.5 Å². The van der Waals surface area contributed by atoms with E-state index < -0.39 is 0 Å². The summed E-state index contributed by atoms with van der Waals surface area (Å²) >= 11 is 0. The van der Waals surface area contributed by atoms with Gasteiger partial charge in [-0.1, -0.05) is 0 Å². The number of ether oxygens (including phenoxy) is 1. The van der Waals surface area contributed by atoms with Crippen LogP contribution in [0.15, 0.2) is 0 Å². The molecule has 2 heterocycles.